The molecule has 0 aliphatic carbocycles. The summed E-state index contributed by atoms with van der Waals surface area (Å²) in [4.78, 5) is 4.32. The van der Waals surface area contributed by atoms with E-state index in [0.29, 0.717) is 0 Å². The second-order valence-corrected chi connectivity index (χ2v) is 4.30. The molecule has 0 atom stereocenters. The Balaban J connectivity index is 2.02. The van der Waals surface area contributed by atoms with E-state index in [1.807, 2.05) is 18.2 Å². The van der Waals surface area contributed by atoms with Crippen LogP contribution in [0.2, 0.25) is 0 Å². The van der Waals surface area contributed by atoms with Crippen molar-refractivity contribution in [2.45, 2.75) is 39.0 Å². The number of nitrogens with zero attached hydrogens (tertiary/aromatic N) is 1. The van der Waals surface area contributed by atoms with Crippen molar-refractivity contribution in [3.05, 3.63) is 42.5 Å². The van der Waals surface area contributed by atoms with E-state index in [4.69, 9.17) is 4.42 Å². The van der Waals surface area contributed by atoms with Gasteiger partial charge in [0, 0.05) is 12.0 Å². The van der Waals surface area contributed by atoms with Crippen molar-refractivity contribution in [3.63, 3.8) is 0 Å². The summed E-state index contributed by atoms with van der Waals surface area (Å²) in [6.45, 7) is 2.23. The van der Waals surface area contributed by atoms with Gasteiger partial charge in [0.05, 0.1) is 0 Å². The zero-order valence-electron chi connectivity index (χ0n) is 10.4. The van der Waals surface area contributed by atoms with Crippen LogP contribution in [0.25, 0.3) is 11.3 Å². The molecule has 2 aromatic rings. The van der Waals surface area contributed by atoms with Crippen LogP contribution in [-0.4, -0.2) is 4.98 Å². The van der Waals surface area contributed by atoms with E-state index >= 15 is 0 Å². The zero-order chi connectivity index (χ0) is 11.9. The molecule has 1 aromatic carbocycles. The first kappa shape index (κ1) is 11.9. The Labute approximate surface area is 103 Å². The summed E-state index contributed by atoms with van der Waals surface area (Å²) in [6, 6.07) is 10.2. The van der Waals surface area contributed by atoms with Gasteiger partial charge in [-0.2, -0.15) is 0 Å². The van der Waals surface area contributed by atoms with Crippen LogP contribution in [0.4, 0.5) is 0 Å². The van der Waals surface area contributed by atoms with Crippen LogP contribution < -0.4 is 0 Å². The molecule has 1 aromatic heterocycles. The van der Waals surface area contributed by atoms with Crippen molar-refractivity contribution >= 4 is 0 Å². The average Bonchev–Trinajstić information content (AvgIpc) is 2.84. The molecule has 0 unspecified atom stereocenters. The maximum absolute atomic E-state index is 5.49. The molecule has 0 bridgehead atoms. The number of benzene rings is 1. The lowest BCUT2D eigenvalue weighted by atomic mass is 10.1. The molecule has 2 nitrogen and oxygen atoms in total. The molecule has 0 fully saturated rings. The standard InChI is InChI=1S/C15H19NO/c1-2-3-4-8-11-14-15(16-12-17-14)13-9-6-5-7-10-13/h5-7,9-10,12H,2-4,8,11H2,1H3. The molecule has 0 spiro atoms. The fourth-order valence-corrected chi connectivity index (χ4v) is 1.99. The van der Waals surface area contributed by atoms with Crippen molar-refractivity contribution in [2.75, 3.05) is 0 Å². The number of oxazole rings is 1. The van der Waals surface area contributed by atoms with Crippen LogP contribution in [0, 0.1) is 0 Å². The molecule has 0 radical (unpaired) electrons. The van der Waals surface area contributed by atoms with Gasteiger partial charge in [-0.05, 0) is 6.42 Å². The Bertz CT molecular complexity index is 433. The molecule has 17 heavy (non-hydrogen) atoms. The van der Waals surface area contributed by atoms with Crippen LogP contribution in [0.3, 0.4) is 0 Å². The van der Waals surface area contributed by atoms with Crippen molar-refractivity contribution in [2.24, 2.45) is 0 Å². The van der Waals surface area contributed by atoms with E-state index in [9.17, 15) is 0 Å². The van der Waals surface area contributed by atoms with E-state index in [1.54, 1.807) is 6.39 Å². The fraction of sp³-hybridized carbons (Fsp3) is 0.400. The lowest BCUT2D eigenvalue weighted by Gasteiger charge is -2.01. The summed E-state index contributed by atoms with van der Waals surface area (Å²) in [5.41, 5.74) is 2.15. The minimum Gasteiger partial charge on any atom is -0.448 e. The van der Waals surface area contributed by atoms with E-state index in [-0.39, 0.29) is 0 Å². The monoisotopic (exact) mass is 229 g/mol. The summed E-state index contributed by atoms with van der Waals surface area (Å²) in [6.07, 6.45) is 7.56. The Morgan fingerprint density at radius 2 is 1.88 bits per heavy atom. The van der Waals surface area contributed by atoms with Gasteiger partial charge in [-0.3, -0.25) is 0 Å². The summed E-state index contributed by atoms with van der Waals surface area (Å²) >= 11 is 0. The smallest absolute Gasteiger partial charge is 0.181 e. The summed E-state index contributed by atoms with van der Waals surface area (Å²) in [5, 5.41) is 0. The Hall–Kier alpha value is -1.57. The Morgan fingerprint density at radius 3 is 2.65 bits per heavy atom. The third-order valence-electron chi connectivity index (χ3n) is 2.95. The molecular formula is C15H19NO. The van der Waals surface area contributed by atoms with Crippen molar-refractivity contribution in [3.8, 4) is 11.3 Å². The van der Waals surface area contributed by atoms with E-state index in [0.717, 1.165) is 23.4 Å². The van der Waals surface area contributed by atoms with Crippen LogP contribution >= 0.6 is 0 Å². The van der Waals surface area contributed by atoms with Crippen LogP contribution in [-0.2, 0) is 6.42 Å². The maximum atomic E-state index is 5.49. The predicted molar refractivity (Wildman–Crippen MR) is 69.8 cm³/mol. The number of unbranched alkanes of at least 4 members (excludes halogenated alkanes) is 3. The predicted octanol–water partition coefficient (Wildman–Crippen LogP) is 4.46. The maximum Gasteiger partial charge on any atom is 0.181 e. The highest BCUT2D eigenvalue weighted by Crippen LogP contribution is 2.23. The molecule has 0 N–H and O–H groups in total. The van der Waals surface area contributed by atoms with Crippen LogP contribution in [0.5, 0.6) is 0 Å². The summed E-state index contributed by atoms with van der Waals surface area (Å²) in [5.74, 6) is 1.02. The van der Waals surface area contributed by atoms with Gasteiger partial charge in [-0.25, -0.2) is 4.98 Å². The first-order valence-corrected chi connectivity index (χ1v) is 6.39. The van der Waals surface area contributed by atoms with Crippen molar-refractivity contribution < 1.29 is 4.42 Å². The minimum absolute atomic E-state index is 0.990. The van der Waals surface area contributed by atoms with Gasteiger partial charge in [0.2, 0.25) is 0 Å². The average molecular weight is 229 g/mol. The van der Waals surface area contributed by atoms with Gasteiger partial charge in [-0.15, -0.1) is 0 Å². The number of aromatic nitrogens is 1. The highest BCUT2D eigenvalue weighted by atomic mass is 16.3. The van der Waals surface area contributed by atoms with Crippen molar-refractivity contribution in [1.82, 2.24) is 4.98 Å². The van der Waals surface area contributed by atoms with Gasteiger partial charge < -0.3 is 4.42 Å². The molecule has 2 rings (SSSR count). The molecule has 0 aliphatic rings. The van der Waals surface area contributed by atoms with Gasteiger partial charge in [0.25, 0.3) is 0 Å². The Kier molecular flexibility index (Phi) is 4.37. The summed E-state index contributed by atoms with van der Waals surface area (Å²) in [7, 11) is 0. The van der Waals surface area contributed by atoms with Gasteiger partial charge in [0.15, 0.2) is 6.39 Å². The number of hydrogen-bond donors (Lipinski definition) is 0. The van der Waals surface area contributed by atoms with E-state index in [1.165, 1.54) is 25.7 Å². The van der Waals surface area contributed by atoms with Crippen LogP contribution in [0.1, 0.15) is 38.4 Å². The minimum atomic E-state index is 0.990. The molecule has 1 heterocycles. The molecule has 0 amide bonds. The topological polar surface area (TPSA) is 26.0 Å². The lowest BCUT2D eigenvalue weighted by molar-refractivity contribution is 0.491. The molecule has 2 heteroatoms. The number of hydrogen-bond acceptors (Lipinski definition) is 2. The first-order valence-electron chi connectivity index (χ1n) is 6.39. The number of aryl methyl sites for hydroxylation is 1. The normalized spacial score (nSPS) is 10.6. The highest BCUT2D eigenvalue weighted by molar-refractivity contribution is 5.60. The molecular weight excluding hydrogens is 210 g/mol. The summed E-state index contributed by atoms with van der Waals surface area (Å²) < 4.78 is 5.49. The quantitative estimate of drug-likeness (QED) is 0.683. The van der Waals surface area contributed by atoms with Crippen molar-refractivity contribution in [1.29, 1.82) is 0 Å². The third-order valence-corrected chi connectivity index (χ3v) is 2.95. The molecule has 0 aliphatic heterocycles. The fourth-order valence-electron chi connectivity index (χ4n) is 1.99. The zero-order valence-corrected chi connectivity index (χ0v) is 10.4. The molecule has 0 saturated heterocycles. The number of rotatable bonds is 6. The second-order valence-electron chi connectivity index (χ2n) is 4.30. The highest BCUT2D eigenvalue weighted by Gasteiger charge is 2.09. The van der Waals surface area contributed by atoms with Gasteiger partial charge in [-0.1, -0.05) is 56.5 Å². The van der Waals surface area contributed by atoms with E-state index < -0.39 is 0 Å². The Morgan fingerprint density at radius 1 is 1.06 bits per heavy atom. The van der Waals surface area contributed by atoms with Crippen LogP contribution in [0.15, 0.2) is 41.1 Å². The molecule has 0 saturated carbocycles. The van der Waals surface area contributed by atoms with Gasteiger partial charge in [0.1, 0.15) is 11.5 Å². The molecule has 90 valence electrons. The largest absolute Gasteiger partial charge is 0.448 e. The second kappa shape index (κ2) is 6.24. The third kappa shape index (κ3) is 3.19. The SMILES string of the molecule is CCCCCCc1ocnc1-c1ccccc1. The van der Waals surface area contributed by atoms with Gasteiger partial charge >= 0.3 is 0 Å². The van der Waals surface area contributed by atoms with E-state index in [2.05, 4.69) is 24.0 Å². The lowest BCUT2D eigenvalue weighted by Crippen LogP contribution is -1.88. The first-order chi connectivity index (χ1) is 8.42.